The standard InChI is InChI=1S/C27H31N5O6/c1-27(2,3)38-26(34)31-12-17(14-33)37-16-6-15(10-29-11-16)21-7-18-19-8-23(35-4)24(36-5)9-22(19)30-13-20(18)25(28)32-21/h6-11,13,17,33H,12,14H2,1-5H3,(H2,28,32)(H,31,34)/t17-/m0/s1. The molecule has 1 atom stereocenters. The third kappa shape index (κ3) is 5.94. The lowest BCUT2D eigenvalue weighted by Crippen LogP contribution is -2.40. The molecule has 0 saturated carbocycles. The molecule has 4 aromatic rings. The first-order valence-electron chi connectivity index (χ1n) is 11.9. The predicted molar refractivity (Wildman–Crippen MR) is 144 cm³/mol. The Balaban J connectivity index is 1.64. The Morgan fingerprint density at radius 3 is 2.45 bits per heavy atom. The number of anilines is 1. The smallest absolute Gasteiger partial charge is 0.407 e. The minimum atomic E-state index is -0.716. The highest BCUT2D eigenvalue weighted by atomic mass is 16.6. The zero-order chi connectivity index (χ0) is 27.4. The maximum absolute atomic E-state index is 12.0. The number of rotatable bonds is 8. The van der Waals surface area contributed by atoms with Gasteiger partial charge in [0.05, 0.1) is 44.8 Å². The zero-order valence-corrected chi connectivity index (χ0v) is 21.9. The molecule has 3 aromatic heterocycles. The Bertz CT molecular complexity index is 1470. The van der Waals surface area contributed by atoms with Crippen molar-refractivity contribution >= 4 is 33.6 Å². The van der Waals surface area contributed by atoms with Crippen LogP contribution in [0.5, 0.6) is 17.2 Å². The van der Waals surface area contributed by atoms with Crippen molar-refractivity contribution in [3.8, 4) is 28.5 Å². The molecule has 0 spiro atoms. The van der Waals surface area contributed by atoms with E-state index in [2.05, 4.69) is 20.3 Å². The number of methoxy groups -OCH3 is 2. The van der Waals surface area contributed by atoms with E-state index >= 15 is 0 Å². The van der Waals surface area contributed by atoms with E-state index in [9.17, 15) is 9.90 Å². The Morgan fingerprint density at radius 2 is 1.76 bits per heavy atom. The average Bonchev–Trinajstić information content (AvgIpc) is 2.89. The Hall–Kier alpha value is -4.38. The number of aromatic nitrogens is 3. The van der Waals surface area contributed by atoms with Gasteiger partial charge in [0.25, 0.3) is 0 Å². The van der Waals surface area contributed by atoms with Crippen LogP contribution in [0.4, 0.5) is 10.6 Å². The van der Waals surface area contributed by atoms with Crippen molar-refractivity contribution in [3.63, 3.8) is 0 Å². The van der Waals surface area contributed by atoms with Crippen molar-refractivity contribution in [1.29, 1.82) is 0 Å². The fourth-order valence-corrected chi connectivity index (χ4v) is 3.88. The topological polar surface area (TPSA) is 151 Å². The second-order valence-corrected chi connectivity index (χ2v) is 9.55. The molecule has 0 aliphatic heterocycles. The van der Waals surface area contributed by atoms with Gasteiger partial charge in [0.1, 0.15) is 23.3 Å². The summed E-state index contributed by atoms with van der Waals surface area (Å²) < 4.78 is 22.0. The molecule has 200 valence electrons. The van der Waals surface area contributed by atoms with Crippen LogP contribution in [0, 0.1) is 0 Å². The normalized spacial score (nSPS) is 12.3. The number of ether oxygens (including phenoxy) is 4. The molecular formula is C27H31N5O6. The summed E-state index contributed by atoms with van der Waals surface area (Å²) in [6.45, 7) is 5.02. The van der Waals surface area contributed by atoms with E-state index in [-0.39, 0.29) is 13.2 Å². The number of carbonyl (C=O) groups is 1. The molecular weight excluding hydrogens is 490 g/mol. The van der Waals surface area contributed by atoms with E-state index in [4.69, 9.17) is 24.7 Å². The Kier molecular flexibility index (Phi) is 7.67. The lowest BCUT2D eigenvalue weighted by atomic mass is 10.0. The fourth-order valence-electron chi connectivity index (χ4n) is 3.88. The minimum absolute atomic E-state index is 0.0428. The van der Waals surface area contributed by atoms with Crippen LogP contribution in [-0.4, -0.2) is 65.2 Å². The van der Waals surface area contributed by atoms with Gasteiger partial charge < -0.3 is 35.1 Å². The molecule has 11 heteroatoms. The first-order valence-corrected chi connectivity index (χ1v) is 11.9. The van der Waals surface area contributed by atoms with Crippen LogP contribution in [0.2, 0.25) is 0 Å². The molecule has 0 aliphatic rings. The SMILES string of the molecule is COc1cc2ncc3c(N)nc(-c4cncc(O[C@H](CO)CNC(=O)OC(C)(C)C)c4)cc3c2cc1OC. The number of alkyl carbamates (subject to hydrolysis) is 1. The number of nitrogens with zero attached hydrogens (tertiary/aromatic N) is 3. The van der Waals surface area contributed by atoms with Gasteiger partial charge in [-0.1, -0.05) is 0 Å². The number of aliphatic hydroxyl groups is 1. The van der Waals surface area contributed by atoms with Gasteiger partial charge in [0.15, 0.2) is 11.5 Å². The molecule has 1 aromatic carbocycles. The number of fused-ring (bicyclic) bond motifs is 3. The Morgan fingerprint density at radius 1 is 1.03 bits per heavy atom. The van der Waals surface area contributed by atoms with Crippen molar-refractivity contribution in [2.24, 2.45) is 0 Å². The highest BCUT2D eigenvalue weighted by molar-refractivity contribution is 6.10. The van der Waals surface area contributed by atoms with Crippen LogP contribution < -0.4 is 25.3 Å². The van der Waals surface area contributed by atoms with Gasteiger partial charge in [0.2, 0.25) is 0 Å². The van der Waals surface area contributed by atoms with Gasteiger partial charge in [-0.15, -0.1) is 0 Å². The third-order valence-corrected chi connectivity index (χ3v) is 5.60. The lowest BCUT2D eigenvalue weighted by Gasteiger charge is -2.22. The summed E-state index contributed by atoms with van der Waals surface area (Å²) in [5.74, 6) is 1.84. The molecule has 0 bridgehead atoms. The first kappa shape index (κ1) is 26.7. The van der Waals surface area contributed by atoms with E-state index < -0.39 is 17.8 Å². The minimum Gasteiger partial charge on any atom is -0.493 e. The highest BCUT2D eigenvalue weighted by Gasteiger charge is 2.19. The van der Waals surface area contributed by atoms with Crippen LogP contribution in [-0.2, 0) is 4.74 Å². The number of nitrogen functional groups attached to an aromatic ring is 1. The number of nitrogens with two attached hydrogens (primary N) is 1. The van der Waals surface area contributed by atoms with Gasteiger partial charge in [-0.2, -0.15) is 0 Å². The van der Waals surface area contributed by atoms with Crippen molar-refractivity contribution in [2.45, 2.75) is 32.5 Å². The van der Waals surface area contributed by atoms with Gasteiger partial charge >= 0.3 is 6.09 Å². The van der Waals surface area contributed by atoms with E-state index in [1.807, 2.05) is 12.1 Å². The molecule has 4 N–H and O–H groups in total. The summed E-state index contributed by atoms with van der Waals surface area (Å²) in [7, 11) is 3.14. The van der Waals surface area contributed by atoms with Gasteiger partial charge in [0, 0.05) is 34.8 Å². The summed E-state index contributed by atoms with van der Waals surface area (Å²) in [5, 5.41) is 14.7. The zero-order valence-electron chi connectivity index (χ0n) is 21.9. The number of aliphatic hydroxyl groups excluding tert-OH is 1. The highest BCUT2D eigenvalue weighted by Crippen LogP contribution is 2.37. The number of benzene rings is 1. The van der Waals surface area contributed by atoms with Crippen molar-refractivity contribution in [3.05, 3.63) is 42.9 Å². The first-order chi connectivity index (χ1) is 18.1. The molecule has 0 fully saturated rings. The Labute approximate surface area is 219 Å². The molecule has 11 nitrogen and oxygen atoms in total. The fraction of sp³-hybridized carbons (Fsp3) is 0.333. The number of hydrogen-bond acceptors (Lipinski definition) is 10. The lowest BCUT2D eigenvalue weighted by molar-refractivity contribution is 0.0475. The third-order valence-electron chi connectivity index (χ3n) is 5.60. The molecule has 4 rings (SSSR count). The second kappa shape index (κ2) is 10.9. The maximum atomic E-state index is 12.0. The summed E-state index contributed by atoms with van der Waals surface area (Å²) in [5.41, 5.74) is 7.62. The molecule has 0 aliphatic carbocycles. The molecule has 0 unspecified atom stereocenters. The maximum Gasteiger partial charge on any atom is 0.407 e. The van der Waals surface area contributed by atoms with Crippen molar-refractivity contribution in [1.82, 2.24) is 20.3 Å². The molecule has 0 radical (unpaired) electrons. The van der Waals surface area contributed by atoms with Crippen LogP contribution in [0.15, 0.2) is 42.9 Å². The monoisotopic (exact) mass is 521 g/mol. The average molecular weight is 522 g/mol. The number of pyridine rings is 3. The molecule has 0 saturated heterocycles. The summed E-state index contributed by atoms with van der Waals surface area (Å²) in [6, 6.07) is 7.30. The van der Waals surface area contributed by atoms with E-state index in [1.165, 1.54) is 6.20 Å². The summed E-state index contributed by atoms with van der Waals surface area (Å²) in [4.78, 5) is 25.3. The second-order valence-electron chi connectivity index (χ2n) is 9.55. The quantitative estimate of drug-likeness (QED) is 0.293. The van der Waals surface area contributed by atoms with Crippen LogP contribution >= 0.6 is 0 Å². The summed E-state index contributed by atoms with van der Waals surface area (Å²) in [6.07, 6.45) is 3.52. The summed E-state index contributed by atoms with van der Waals surface area (Å²) >= 11 is 0. The number of amides is 1. The van der Waals surface area contributed by atoms with Crippen LogP contribution in [0.25, 0.3) is 32.9 Å². The van der Waals surface area contributed by atoms with Gasteiger partial charge in [-0.05, 0) is 44.4 Å². The number of hydrogen-bond donors (Lipinski definition) is 3. The molecule has 1 amide bonds. The largest absolute Gasteiger partial charge is 0.493 e. The van der Waals surface area contributed by atoms with E-state index in [0.717, 1.165) is 10.8 Å². The van der Waals surface area contributed by atoms with E-state index in [1.54, 1.807) is 59.5 Å². The van der Waals surface area contributed by atoms with Crippen LogP contribution in [0.1, 0.15) is 20.8 Å². The van der Waals surface area contributed by atoms with Gasteiger partial charge in [-0.3, -0.25) is 9.97 Å². The predicted octanol–water partition coefficient (Wildman–Crippen LogP) is 3.71. The molecule has 3 heterocycles. The van der Waals surface area contributed by atoms with Gasteiger partial charge in [-0.25, -0.2) is 9.78 Å². The number of carbonyl (C=O) groups excluding carboxylic acids is 1. The number of nitrogens with one attached hydrogen (secondary N) is 1. The van der Waals surface area contributed by atoms with E-state index in [0.29, 0.717) is 45.2 Å². The van der Waals surface area contributed by atoms with Crippen LogP contribution in [0.3, 0.4) is 0 Å². The van der Waals surface area contributed by atoms with Crippen molar-refractivity contribution in [2.75, 3.05) is 33.1 Å². The molecule has 38 heavy (non-hydrogen) atoms. The van der Waals surface area contributed by atoms with Crippen molar-refractivity contribution < 1.29 is 28.8 Å².